The topological polar surface area (TPSA) is 72.2 Å². The van der Waals surface area contributed by atoms with Gasteiger partial charge in [-0.2, -0.15) is 0 Å². The summed E-state index contributed by atoms with van der Waals surface area (Å²) >= 11 is 7.22. The highest BCUT2D eigenvalue weighted by Crippen LogP contribution is 2.32. The van der Waals surface area contributed by atoms with Crippen molar-refractivity contribution in [3.05, 3.63) is 56.9 Å². The number of hydrogen-bond donors (Lipinski definition) is 2. The fourth-order valence-corrected chi connectivity index (χ4v) is 3.21. The fourth-order valence-electron chi connectivity index (χ4n) is 1.95. The summed E-state index contributed by atoms with van der Waals surface area (Å²) in [5.74, 6) is -0.875. The van der Waals surface area contributed by atoms with Gasteiger partial charge in [0.15, 0.2) is 0 Å². The smallest absolute Gasteiger partial charge is 0.251 e. The SMILES string of the molecule is Cc1sc(NC(=O)/C=C/c2cccc(Cl)c2)c(C(N)=O)c1C. The summed E-state index contributed by atoms with van der Waals surface area (Å²) in [5.41, 5.74) is 7.35. The third-order valence-corrected chi connectivity index (χ3v) is 4.50. The number of nitrogens with two attached hydrogens (primary N) is 1. The monoisotopic (exact) mass is 334 g/mol. The van der Waals surface area contributed by atoms with Crippen LogP contribution in [-0.4, -0.2) is 11.8 Å². The van der Waals surface area contributed by atoms with Gasteiger partial charge in [0, 0.05) is 16.0 Å². The number of aryl methyl sites for hydroxylation is 1. The first-order chi connectivity index (χ1) is 10.4. The Labute approximate surface area is 137 Å². The Kier molecular flexibility index (Phi) is 5.00. The number of anilines is 1. The van der Waals surface area contributed by atoms with Crippen molar-refractivity contribution in [2.24, 2.45) is 5.73 Å². The third kappa shape index (κ3) is 3.75. The van der Waals surface area contributed by atoms with Crippen molar-refractivity contribution in [2.45, 2.75) is 13.8 Å². The van der Waals surface area contributed by atoms with Crippen LogP contribution in [0.5, 0.6) is 0 Å². The lowest BCUT2D eigenvalue weighted by Gasteiger charge is -2.02. The van der Waals surface area contributed by atoms with E-state index in [1.807, 2.05) is 19.9 Å². The number of primary amides is 1. The van der Waals surface area contributed by atoms with Crippen LogP contribution in [-0.2, 0) is 4.79 Å². The van der Waals surface area contributed by atoms with E-state index in [9.17, 15) is 9.59 Å². The lowest BCUT2D eigenvalue weighted by Crippen LogP contribution is -2.16. The number of rotatable bonds is 4. The van der Waals surface area contributed by atoms with Gasteiger partial charge in [0.25, 0.3) is 5.91 Å². The number of thiophene rings is 1. The number of hydrogen-bond acceptors (Lipinski definition) is 3. The van der Waals surface area contributed by atoms with Crippen molar-refractivity contribution in [1.29, 1.82) is 0 Å². The van der Waals surface area contributed by atoms with Gasteiger partial charge in [-0.3, -0.25) is 9.59 Å². The molecule has 114 valence electrons. The molecule has 1 aromatic heterocycles. The lowest BCUT2D eigenvalue weighted by atomic mass is 10.1. The Morgan fingerprint density at radius 3 is 2.68 bits per heavy atom. The standard InChI is InChI=1S/C16H15ClN2O2S/c1-9-10(2)22-16(14(9)15(18)21)19-13(20)7-6-11-4-3-5-12(17)8-11/h3-8H,1-2H3,(H2,18,21)(H,19,20)/b7-6+. The van der Waals surface area contributed by atoms with Crippen LogP contribution in [0.4, 0.5) is 5.00 Å². The van der Waals surface area contributed by atoms with Gasteiger partial charge < -0.3 is 11.1 Å². The molecule has 0 unspecified atom stereocenters. The van der Waals surface area contributed by atoms with E-state index in [-0.39, 0.29) is 5.91 Å². The molecule has 0 fully saturated rings. The van der Waals surface area contributed by atoms with Gasteiger partial charge in [-0.05, 0) is 43.2 Å². The summed E-state index contributed by atoms with van der Waals surface area (Å²) < 4.78 is 0. The van der Waals surface area contributed by atoms with Crippen molar-refractivity contribution in [3.8, 4) is 0 Å². The minimum Gasteiger partial charge on any atom is -0.365 e. The van der Waals surface area contributed by atoms with E-state index in [0.717, 1.165) is 16.0 Å². The molecule has 0 aliphatic carbocycles. The Hall–Kier alpha value is -2.11. The predicted molar refractivity (Wildman–Crippen MR) is 91.4 cm³/mol. The van der Waals surface area contributed by atoms with Crippen LogP contribution >= 0.6 is 22.9 Å². The van der Waals surface area contributed by atoms with Crippen molar-refractivity contribution >= 4 is 45.8 Å². The number of nitrogens with one attached hydrogen (secondary N) is 1. The molecule has 1 heterocycles. The Bertz CT molecular complexity index is 766. The van der Waals surface area contributed by atoms with Gasteiger partial charge in [-0.15, -0.1) is 11.3 Å². The summed E-state index contributed by atoms with van der Waals surface area (Å²) in [6.45, 7) is 3.69. The molecule has 0 saturated heterocycles. The summed E-state index contributed by atoms with van der Waals surface area (Å²) in [6, 6.07) is 7.15. The van der Waals surface area contributed by atoms with Gasteiger partial charge in [0.05, 0.1) is 5.56 Å². The zero-order valence-corrected chi connectivity index (χ0v) is 13.7. The second-order valence-electron chi connectivity index (χ2n) is 4.73. The Morgan fingerprint density at radius 2 is 2.05 bits per heavy atom. The van der Waals surface area contributed by atoms with Gasteiger partial charge in [0.1, 0.15) is 5.00 Å². The predicted octanol–water partition coefficient (Wildman–Crippen LogP) is 3.77. The second kappa shape index (κ2) is 6.77. The van der Waals surface area contributed by atoms with E-state index in [4.69, 9.17) is 17.3 Å². The molecular weight excluding hydrogens is 320 g/mol. The highest BCUT2D eigenvalue weighted by atomic mass is 35.5. The van der Waals surface area contributed by atoms with E-state index < -0.39 is 5.91 Å². The number of halogens is 1. The average Bonchev–Trinajstić information content (AvgIpc) is 2.71. The molecular formula is C16H15ClN2O2S. The van der Waals surface area contributed by atoms with Crippen molar-refractivity contribution in [1.82, 2.24) is 0 Å². The number of carbonyl (C=O) groups is 2. The first-order valence-electron chi connectivity index (χ1n) is 6.53. The van der Waals surface area contributed by atoms with Crippen LogP contribution in [0.25, 0.3) is 6.08 Å². The summed E-state index contributed by atoms with van der Waals surface area (Å²) in [6.07, 6.45) is 3.04. The Morgan fingerprint density at radius 1 is 1.32 bits per heavy atom. The molecule has 0 spiro atoms. The van der Waals surface area contributed by atoms with Crippen LogP contribution in [0, 0.1) is 13.8 Å². The molecule has 0 saturated carbocycles. The van der Waals surface area contributed by atoms with E-state index in [0.29, 0.717) is 15.6 Å². The molecule has 1 aromatic carbocycles. The van der Waals surface area contributed by atoms with Gasteiger partial charge >= 0.3 is 0 Å². The van der Waals surface area contributed by atoms with Crippen molar-refractivity contribution in [3.63, 3.8) is 0 Å². The quantitative estimate of drug-likeness (QED) is 0.835. The zero-order valence-electron chi connectivity index (χ0n) is 12.1. The normalized spacial score (nSPS) is 10.9. The first-order valence-corrected chi connectivity index (χ1v) is 7.72. The van der Waals surface area contributed by atoms with Gasteiger partial charge in [-0.1, -0.05) is 23.7 Å². The Balaban J connectivity index is 2.16. The molecule has 0 bridgehead atoms. The van der Waals surface area contributed by atoms with Crippen LogP contribution in [0.1, 0.15) is 26.4 Å². The van der Waals surface area contributed by atoms with Crippen LogP contribution < -0.4 is 11.1 Å². The number of benzene rings is 1. The molecule has 6 heteroatoms. The molecule has 0 aliphatic heterocycles. The maximum absolute atomic E-state index is 12.0. The highest BCUT2D eigenvalue weighted by Gasteiger charge is 2.18. The average molecular weight is 335 g/mol. The molecule has 22 heavy (non-hydrogen) atoms. The maximum atomic E-state index is 12.0. The minimum absolute atomic E-state index is 0.330. The summed E-state index contributed by atoms with van der Waals surface area (Å²) in [5, 5.41) is 3.77. The number of carbonyl (C=O) groups excluding carboxylic acids is 2. The second-order valence-corrected chi connectivity index (χ2v) is 6.39. The molecule has 2 rings (SSSR count). The summed E-state index contributed by atoms with van der Waals surface area (Å²) in [7, 11) is 0. The molecule has 0 atom stereocenters. The third-order valence-electron chi connectivity index (χ3n) is 3.14. The van der Waals surface area contributed by atoms with E-state index in [1.54, 1.807) is 24.3 Å². The molecule has 0 radical (unpaired) electrons. The molecule has 3 N–H and O–H groups in total. The lowest BCUT2D eigenvalue weighted by molar-refractivity contribution is -0.111. The number of amides is 2. The van der Waals surface area contributed by atoms with E-state index in [2.05, 4.69) is 5.32 Å². The van der Waals surface area contributed by atoms with Crippen molar-refractivity contribution in [2.75, 3.05) is 5.32 Å². The maximum Gasteiger partial charge on any atom is 0.251 e. The highest BCUT2D eigenvalue weighted by molar-refractivity contribution is 7.16. The van der Waals surface area contributed by atoms with E-state index in [1.165, 1.54) is 17.4 Å². The molecule has 2 aromatic rings. The molecule has 4 nitrogen and oxygen atoms in total. The minimum atomic E-state index is -0.545. The fraction of sp³-hybridized carbons (Fsp3) is 0.125. The zero-order chi connectivity index (χ0) is 16.3. The van der Waals surface area contributed by atoms with E-state index >= 15 is 0 Å². The largest absolute Gasteiger partial charge is 0.365 e. The van der Waals surface area contributed by atoms with Gasteiger partial charge in [0.2, 0.25) is 5.91 Å². The molecule has 0 aliphatic rings. The first kappa shape index (κ1) is 16.3. The van der Waals surface area contributed by atoms with Crippen LogP contribution in [0.15, 0.2) is 30.3 Å². The van der Waals surface area contributed by atoms with Crippen molar-refractivity contribution < 1.29 is 9.59 Å². The van der Waals surface area contributed by atoms with Gasteiger partial charge in [-0.25, -0.2) is 0 Å². The van der Waals surface area contributed by atoms with Crippen LogP contribution in [0.2, 0.25) is 5.02 Å². The van der Waals surface area contributed by atoms with Crippen LogP contribution in [0.3, 0.4) is 0 Å². The molecule has 2 amide bonds. The summed E-state index contributed by atoms with van der Waals surface area (Å²) in [4.78, 5) is 24.4.